The van der Waals surface area contributed by atoms with Gasteiger partial charge in [0.05, 0.1) is 4.92 Å². The molecule has 7 nitrogen and oxygen atoms in total. The molecule has 0 spiro atoms. The Kier molecular flexibility index (Phi) is 5.80. The first kappa shape index (κ1) is 17.1. The SMILES string of the molecule is CNC(C)Cc1noc(-c2cc([N+](=O)[O-])ccc2C)n1.Cl. The Morgan fingerprint density at radius 1 is 1.48 bits per heavy atom. The van der Waals surface area contributed by atoms with E-state index in [4.69, 9.17) is 4.52 Å². The maximum Gasteiger partial charge on any atom is 0.270 e. The number of nitrogens with one attached hydrogen (secondary N) is 1. The summed E-state index contributed by atoms with van der Waals surface area (Å²) in [6.45, 7) is 3.85. The van der Waals surface area contributed by atoms with Gasteiger partial charge in [0.15, 0.2) is 5.82 Å². The van der Waals surface area contributed by atoms with E-state index in [2.05, 4.69) is 15.5 Å². The van der Waals surface area contributed by atoms with Gasteiger partial charge in [-0.1, -0.05) is 11.2 Å². The van der Waals surface area contributed by atoms with Crippen LogP contribution in [0.15, 0.2) is 22.7 Å². The fourth-order valence-corrected chi connectivity index (χ4v) is 1.78. The van der Waals surface area contributed by atoms with Crippen LogP contribution in [0.25, 0.3) is 11.5 Å². The smallest absolute Gasteiger partial charge is 0.270 e. The fourth-order valence-electron chi connectivity index (χ4n) is 1.78. The highest BCUT2D eigenvalue weighted by atomic mass is 35.5. The fraction of sp³-hybridized carbons (Fsp3) is 0.385. The van der Waals surface area contributed by atoms with E-state index in [1.165, 1.54) is 12.1 Å². The first-order valence-corrected chi connectivity index (χ1v) is 6.26. The number of aryl methyl sites for hydroxylation is 1. The molecule has 0 aliphatic heterocycles. The molecule has 1 N–H and O–H groups in total. The Labute approximate surface area is 128 Å². The maximum atomic E-state index is 10.8. The van der Waals surface area contributed by atoms with Crippen LogP contribution in [-0.4, -0.2) is 28.2 Å². The minimum atomic E-state index is -0.441. The Balaban J connectivity index is 0.00000220. The van der Waals surface area contributed by atoms with E-state index in [0.29, 0.717) is 23.7 Å². The molecular formula is C13H17ClN4O3. The van der Waals surface area contributed by atoms with Gasteiger partial charge in [0.2, 0.25) is 0 Å². The number of nitro benzene ring substituents is 1. The van der Waals surface area contributed by atoms with Crippen LogP contribution in [0.3, 0.4) is 0 Å². The van der Waals surface area contributed by atoms with Gasteiger partial charge in [-0.3, -0.25) is 10.1 Å². The van der Waals surface area contributed by atoms with Crippen LogP contribution < -0.4 is 5.32 Å². The number of non-ortho nitro benzene ring substituents is 1. The first-order chi connectivity index (χ1) is 9.51. The molecule has 2 aromatic rings. The quantitative estimate of drug-likeness (QED) is 0.673. The van der Waals surface area contributed by atoms with Crippen molar-refractivity contribution in [2.75, 3.05) is 7.05 Å². The summed E-state index contributed by atoms with van der Waals surface area (Å²) in [6, 6.07) is 4.81. The Morgan fingerprint density at radius 3 is 2.81 bits per heavy atom. The number of benzene rings is 1. The third kappa shape index (κ3) is 3.99. The van der Waals surface area contributed by atoms with Crippen molar-refractivity contribution in [3.05, 3.63) is 39.7 Å². The van der Waals surface area contributed by atoms with Gasteiger partial charge in [-0.05, 0) is 26.5 Å². The summed E-state index contributed by atoms with van der Waals surface area (Å²) < 4.78 is 5.20. The van der Waals surface area contributed by atoms with Gasteiger partial charge in [-0.25, -0.2) is 0 Å². The van der Waals surface area contributed by atoms with Crippen molar-refractivity contribution in [1.29, 1.82) is 0 Å². The second-order valence-corrected chi connectivity index (χ2v) is 4.67. The first-order valence-electron chi connectivity index (χ1n) is 6.26. The molecule has 114 valence electrons. The number of nitrogens with zero attached hydrogens (tertiary/aromatic N) is 3. The van der Waals surface area contributed by atoms with Gasteiger partial charge < -0.3 is 9.84 Å². The monoisotopic (exact) mass is 312 g/mol. The standard InChI is InChI=1S/C13H16N4O3.ClH/c1-8-4-5-10(17(18)19)7-11(8)13-15-12(16-20-13)6-9(2)14-3;/h4-5,7,9,14H,6H2,1-3H3;1H. The van der Waals surface area contributed by atoms with Crippen LogP contribution >= 0.6 is 12.4 Å². The highest BCUT2D eigenvalue weighted by Crippen LogP contribution is 2.26. The summed E-state index contributed by atoms with van der Waals surface area (Å²) in [5.74, 6) is 0.886. The summed E-state index contributed by atoms with van der Waals surface area (Å²) in [7, 11) is 1.86. The molecule has 0 radical (unpaired) electrons. The van der Waals surface area contributed by atoms with E-state index >= 15 is 0 Å². The minimum Gasteiger partial charge on any atom is -0.334 e. The lowest BCUT2D eigenvalue weighted by Gasteiger charge is -2.04. The molecule has 0 saturated carbocycles. The second-order valence-electron chi connectivity index (χ2n) is 4.67. The molecule has 0 aliphatic rings. The predicted octanol–water partition coefficient (Wildman–Crippen LogP) is 2.53. The molecule has 1 heterocycles. The summed E-state index contributed by atoms with van der Waals surface area (Å²) in [5.41, 5.74) is 1.46. The number of halogens is 1. The van der Waals surface area contributed by atoms with Crippen LogP contribution in [-0.2, 0) is 6.42 Å². The lowest BCUT2D eigenvalue weighted by atomic mass is 10.1. The summed E-state index contributed by atoms with van der Waals surface area (Å²) in [6.07, 6.45) is 0.633. The molecule has 0 fully saturated rings. The Hall–Kier alpha value is -1.99. The topological polar surface area (TPSA) is 94.1 Å². The third-order valence-corrected chi connectivity index (χ3v) is 3.11. The zero-order valence-corrected chi connectivity index (χ0v) is 12.8. The third-order valence-electron chi connectivity index (χ3n) is 3.11. The van der Waals surface area contributed by atoms with E-state index in [1.54, 1.807) is 6.07 Å². The molecule has 8 heteroatoms. The van der Waals surface area contributed by atoms with Gasteiger partial charge in [0.25, 0.3) is 11.6 Å². The highest BCUT2D eigenvalue weighted by Gasteiger charge is 2.16. The van der Waals surface area contributed by atoms with E-state index < -0.39 is 4.92 Å². The van der Waals surface area contributed by atoms with E-state index in [-0.39, 0.29) is 24.1 Å². The van der Waals surface area contributed by atoms with Crippen molar-refractivity contribution in [3.8, 4) is 11.5 Å². The molecule has 2 rings (SSSR count). The number of rotatable bonds is 5. The predicted molar refractivity (Wildman–Crippen MR) is 80.6 cm³/mol. The molecule has 21 heavy (non-hydrogen) atoms. The number of hydrogen-bond acceptors (Lipinski definition) is 6. The van der Waals surface area contributed by atoms with E-state index in [9.17, 15) is 10.1 Å². The lowest BCUT2D eigenvalue weighted by molar-refractivity contribution is -0.384. The van der Waals surface area contributed by atoms with Gasteiger partial charge in [-0.15, -0.1) is 12.4 Å². The van der Waals surface area contributed by atoms with Crippen molar-refractivity contribution in [3.63, 3.8) is 0 Å². The number of aromatic nitrogens is 2. The van der Waals surface area contributed by atoms with Crippen molar-refractivity contribution in [2.45, 2.75) is 26.3 Å². The average Bonchev–Trinajstić information content (AvgIpc) is 2.87. The highest BCUT2D eigenvalue weighted by molar-refractivity contribution is 5.85. The Morgan fingerprint density at radius 2 is 2.19 bits per heavy atom. The van der Waals surface area contributed by atoms with Crippen LogP contribution in [0.1, 0.15) is 18.3 Å². The van der Waals surface area contributed by atoms with Crippen molar-refractivity contribution in [1.82, 2.24) is 15.5 Å². The summed E-state index contributed by atoms with van der Waals surface area (Å²) in [5, 5.41) is 17.8. The molecule has 0 bridgehead atoms. The van der Waals surface area contributed by atoms with Gasteiger partial charge in [0, 0.05) is 30.2 Å². The molecule has 1 unspecified atom stereocenters. The average molecular weight is 313 g/mol. The van der Waals surface area contributed by atoms with Crippen LogP contribution in [0.4, 0.5) is 5.69 Å². The van der Waals surface area contributed by atoms with Crippen molar-refractivity contribution < 1.29 is 9.45 Å². The molecule has 0 aliphatic carbocycles. The van der Waals surface area contributed by atoms with Crippen molar-refractivity contribution >= 4 is 18.1 Å². The zero-order chi connectivity index (χ0) is 14.7. The normalized spacial score (nSPS) is 11.8. The largest absolute Gasteiger partial charge is 0.334 e. The minimum absolute atomic E-state index is 0. The molecule has 0 amide bonds. The lowest BCUT2D eigenvalue weighted by Crippen LogP contribution is -2.24. The maximum absolute atomic E-state index is 10.8. The number of nitro groups is 1. The summed E-state index contributed by atoms with van der Waals surface area (Å²) >= 11 is 0. The summed E-state index contributed by atoms with van der Waals surface area (Å²) in [4.78, 5) is 14.7. The van der Waals surface area contributed by atoms with E-state index in [0.717, 1.165) is 5.56 Å². The number of likely N-dealkylation sites (N-methyl/N-ethyl adjacent to an activating group) is 1. The van der Waals surface area contributed by atoms with Gasteiger partial charge in [0.1, 0.15) is 0 Å². The van der Waals surface area contributed by atoms with Crippen LogP contribution in [0.5, 0.6) is 0 Å². The van der Waals surface area contributed by atoms with Gasteiger partial charge in [-0.2, -0.15) is 4.98 Å². The number of hydrogen-bond donors (Lipinski definition) is 1. The molecule has 0 saturated heterocycles. The Bertz CT molecular complexity index is 630. The van der Waals surface area contributed by atoms with Gasteiger partial charge >= 0.3 is 0 Å². The van der Waals surface area contributed by atoms with Crippen LogP contribution in [0.2, 0.25) is 0 Å². The van der Waals surface area contributed by atoms with Crippen LogP contribution in [0, 0.1) is 17.0 Å². The molecule has 1 aromatic carbocycles. The second kappa shape index (κ2) is 7.14. The molecule has 1 aromatic heterocycles. The van der Waals surface area contributed by atoms with E-state index in [1.807, 2.05) is 20.9 Å². The molecule has 1 atom stereocenters. The van der Waals surface area contributed by atoms with Crippen molar-refractivity contribution in [2.24, 2.45) is 0 Å². The molecular weight excluding hydrogens is 296 g/mol. The zero-order valence-electron chi connectivity index (χ0n) is 12.0.